The van der Waals surface area contributed by atoms with Crippen LogP contribution >= 0.6 is 0 Å². The molecule has 2 fully saturated rings. The molecule has 1 saturated carbocycles. The third kappa shape index (κ3) is 4.07. The molecule has 1 heterocycles. The van der Waals surface area contributed by atoms with Gasteiger partial charge < -0.3 is 24.7 Å². The number of likely N-dealkylation sites (N-methyl/N-ethyl adjacent to an activating group) is 2. The third-order valence-electron chi connectivity index (χ3n) is 9.09. The van der Waals surface area contributed by atoms with Gasteiger partial charge in [0.15, 0.2) is 11.5 Å². The lowest BCUT2D eigenvalue weighted by molar-refractivity contribution is -0.173. The number of methoxy groups -OCH3 is 1. The maximum Gasteiger partial charge on any atom is 0.416 e. The molecule has 1 saturated heterocycles. The van der Waals surface area contributed by atoms with Crippen molar-refractivity contribution in [2.75, 3.05) is 27.7 Å². The Morgan fingerprint density at radius 3 is 2.71 bits per heavy atom. The monoisotopic (exact) mass is 530 g/mol. The molecule has 2 aromatic carbocycles. The molecule has 1 amide bonds. The Morgan fingerprint density at radius 1 is 1.24 bits per heavy atom. The van der Waals surface area contributed by atoms with Crippen molar-refractivity contribution in [1.29, 1.82) is 0 Å². The lowest BCUT2D eigenvalue weighted by atomic mass is 9.48. The summed E-state index contributed by atoms with van der Waals surface area (Å²) in [7, 11) is 5.23. The van der Waals surface area contributed by atoms with Gasteiger partial charge in [-0.05, 0) is 81.1 Å². The average Bonchev–Trinajstić information content (AvgIpc) is 2.88. The standard InChI is InChI=1S/C29H33F3N2O4/c1-33-14-13-27-17-21(34(2)24(36)10-7-18-5-4-6-20(15-18)29(30,31)32)11-12-28(27,37)23(33)16-19-8-9-22(35)26(38-3)25(19)27/h4-10,15,21,23,35,37H,11-14,16-17H2,1-3H3/t21-,23+,27+,28+/m0/s1. The minimum Gasteiger partial charge on any atom is -0.504 e. The fourth-order valence-corrected chi connectivity index (χ4v) is 7.10. The molecule has 38 heavy (non-hydrogen) atoms. The molecule has 9 heteroatoms. The van der Waals surface area contributed by atoms with E-state index in [1.165, 1.54) is 31.4 Å². The topological polar surface area (TPSA) is 73.2 Å². The largest absolute Gasteiger partial charge is 0.504 e. The van der Waals surface area contributed by atoms with Crippen molar-refractivity contribution in [2.45, 2.75) is 61.4 Å². The predicted molar refractivity (Wildman–Crippen MR) is 137 cm³/mol. The molecule has 5 rings (SSSR count). The summed E-state index contributed by atoms with van der Waals surface area (Å²) in [6.45, 7) is 0.755. The number of phenolic OH excluding ortho intramolecular Hbond substituents is 1. The zero-order valence-corrected chi connectivity index (χ0v) is 21.8. The normalized spacial score (nSPS) is 29.0. The van der Waals surface area contributed by atoms with Gasteiger partial charge in [0.25, 0.3) is 0 Å². The first-order valence-electron chi connectivity index (χ1n) is 12.9. The Kier molecular flexibility index (Phi) is 6.51. The number of aliphatic hydroxyl groups is 1. The third-order valence-corrected chi connectivity index (χ3v) is 9.09. The summed E-state index contributed by atoms with van der Waals surface area (Å²) >= 11 is 0. The number of carbonyl (C=O) groups excluding carboxylic acids is 1. The molecule has 3 aliphatic rings. The number of fused-ring (bicyclic) bond motifs is 1. The van der Waals surface area contributed by atoms with Crippen LogP contribution in [-0.2, 0) is 22.8 Å². The number of nitrogens with zero attached hydrogens (tertiary/aromatic N) is 2. The highest BCUT2D eigenvalue weighted by Crippen LogP contribution is 2.61. The Bertz CT molecular complexity index is 1280. The number of amides is 1. The summed E-state index contributed by atoms with van der Waals surface area (Å²) in [6.07, 6.45) is 1.06. The number of hydrogen-bond donors (Lipinski definition) is 2. The highest BCUT2D eigenvalue weighted by molar-refractivity contribution is 5.91. The zero-order valence-electron chi connectivity index (χ0n) is 21.8. The number of aromatic hydroxyl groups is 1. The minimum atomic E-state index is -4.46. The van der Waals surface area contributed by atoms with Gasteiger partial charge in [0.2, 0.25) is 5.91 Å². The summed E-state index contributed by atoms with van der Waals surface area (Å²) in [5.74, 6) is 0.0802. The van der Waals surface area contributed by atoms with E-state index in [4.69, 9.17) is 4.74 Å². The second-order valence-electron chi connectivity index (χ2n) is 10.9. The lowest BCUT2D eigenvalue weighted by Gasteiger charge is -2.64. The Hall–Kier alpha value is -3.04. The van der Waals surface area contributed by atoms with E-state index in [1.54, 1.807) is 18.0 Å². The van der Waals surface area contributed by atoms with Gasteiger partial charge >= 0.3 is 6.18 Å². The molecule has 6 nitrogen and oxygen atoms in total. The van der Waals surface area contributed by atoms with Crippen LogP contribution in [0.3, 0.4) is 0 Å². The molecule has 2 N–H and O–H groups in total. The summed E-state index contributed by atoms with van der Waals surface area (Å²) < 4.78 is 44.9. The first kappa shape index (κ1) is 26.6. The van der Waals surface area contributed by atoms with E-state index in [1.807, 2.05) is 13.1 Å². The number of piperidine rings is 1. The molecule has 1 aliphatic heterocycles. The van der Waals surface area contributed by atoms with E-state index in [9.17, 15) is 28.2 Å². The fourth-order valence-electron chi connectivity index (χ4n) is 7.10. The molecular formula is C29H33F3N2O4. The molecule has 4 atom stereocenters. The molecule has 2 aliphatic carbocycles. The van der Waals surface area contributed by atoms with Crippen LogP contribution in [-0.4, -0.2) is 71.4 Å². The van der Waals surface area contributed by atoms with Crippen LogP contribution < -0.4 is 4.74 Å². The van der Waals surface area contributed by atoms with Crippen molar-refractivity contribution in [1.82, 2.24) is 9.80 Å². The summed E-state index contributed by atoms with van der Waals surface area (Å²) in [5, 5.41) is 22.9. The highest BCUT2D eigenvalue weighted by atomic mass is 19.4. The van der Waals surface area contributed by atoms with E-state index in [2.05, 4.69) is 4.90 Å². The number of rotatable bonds is 4. The molecule has 2 aromatic rings. The number of likely N-dealkylation sites (tertiary alicyclic amines) is 1. The van der Waals surface area contributed by atoms with E-state index < -0.39 is 22.8 Å². The van der Waals surface area contributed by atoms with E-state index in [-0.39, 0.29) is 29.3 Å². The van der Waals surface area contributed by atoms with E-state index in [0.717, 1.165) is 29.8 Å². The number of alkyl halides is 3. The summed E-state index contributed by atoms with van der Waals surface area (Å²) in [6, 6.07) is 8.07. The SMILES string of the molecule is COc1c(O)ccc2c1[C@]13CCN(C)[C@H](C2)[C@]1(O)CC[C@H](N(C)C(=O)C=Cc1cccc(C(F)(F)F)c1)C3. The quantitative estimate of drug-likeness (QED) is 0.575. The Labute approximate surface area is 220 Å². The van der Waals surface area contributed by atoms with Crippen molar-refractivity contribution >= 4 is 12.0 Å². The van der Waals surface area contributed by atoms with Gasteiger partial charge in [0, 0.05) is 36.2 Å². The van der Waals surface area contributed by atoms with Crippen molar-refractivity contribution in [3.63, 3.8) is 0 Å². The van der Waals surface area contributed by atoms with Crippen LogP contribution in [0, 0.1) is 0 Å². The van der Waals surface area contributed by atoms with Gasteiger partial charge in [-0.15, -0.1) is 0 Å². The van der Waals surface area contributed by atoms with Gasteiger partial charge in [0.05, 0.1) is 18.3 Å². The number of hydrogen-bond acceptors (Lipinski definition) is 5. The van der Waals surface area contributed by atoms with E-state index >= 15 is 0 Å². The van der Waals surface area contributed by atoms with Crippen LogP contribution in [0.15, 0.2) is 42.5 Å². The molecule has 0 aromatic heterocycles. The second-order valence-corrected chi connectivity index (χ2v) is 10.9. The number of benzene rings is 2. The van der Waals surface area contributed by atoms with Gasteiger partial charge in [0.1, 0.15) is 0 Å². The molecular weight excluding hydrogens is 497 g/mol. The van der Waals surface area contributed by atoms with Crippen LogP contribution in [0.5, 0.6) is 11.5 Å². The van der Waals surface area contributed by atoms with Crippen molar-refractivity contribution in [3.05, 3.63) is 64.7 Å². The summed E-state index contributed by atoms with van der Waals surface area (Å²) in [4.78, 5) is 17.0. The van der Waals surface area contributed by atoms with Gasteiger partial charge in [-0.3, -0.25) is 4.79 Å². The number of phenols is 1. The van der Waals surface area contributed by atoms with Crippen LogP contribution in [0.4, 0.5) is 13.2 Å². The van der Waals surface area contributed by atoms with E-state index in [0.29, 0.717) is 37.9 Å². The molecule has 0 radical (unpaired) electrons. The van der Waals surface area contributed by atoms with Crippen molar-refractivity contribution in [3.8, 4) is 11.5 Å². The minimum absolute atomic E-state index is 0.0240. The molecule has 0 unspecified atom stereocenters. The number of carbonyl (C=O) groups is 1. The van der Waals surface area contributed by atoms with Gasteiger partial charge in [-0.1, -0.05) is 18.2 Å². The van der Waals surface area contributed by atoms with Gasteiger partial charge in [-0.25, -0.2) is 0 Å². The molecule has 204 valence electrons. The number of ether oxygens (including phenoxy) is 1. The summed E-state index contributed by atoms with van der Waals surface area (Å²) in [5.41, 5.74) is -0.391. The molecule has 0 spiro atoms. The smallest absolute Gasteiger partial charge is 0.416 e. The maximum absolute atomic E-state index is 13.2. The Morgan fingerprint density at radius 2 is 2.00 bits per heavy atom. The van der Waals surface area contributed by atoms with Crippen LogP contribution in [0.2, 0.25) is 0 Å². The fraction of sp³-hybridized carbons (Fsp3) is 0.483. The Balaban J connectivity index is 1.46. The predicted octanol–water partition coefficient (Wildman–Crippen LogP) is 4.37. The maximum atomic E-state index is 13.2. The van der Waals surface area contributed by atoms with Crippen molar-refractivity contribution < 1.29 is 32.9 Å². The first-order valence-corrected chi connectivity index (χ1v) is 12.9. The highest BCUT2D eigenvalue weighted by Gasteiger charge is 2.65. The second kappa shape index (κ2) is 9.31. The number of halogens is 3. The van der Waals surface area contributed by atoms with Crippen LogP contribution in [0.25, 0.3) is 6.08 Å². The first-order chi connectivity index (χ1) is 17.9. The lowest BCUT2D eigenvalue weighted by Crippen LogP contribution is -2.73. The molecule has 2 bridgehead atoms. The average molecular weight is 531 g/mol. The van der Waals surface area contributed by atoms with Crippen molar-refractivity contribution in [2.24, 2.45) is 0 Å². The van der Waals surface area contributed by atoms with Gasteiger partial charge in [-0.2, -0.15) is 13.2 Å². The van der Waals surface area contributed by atoms with Crippen LogP contribution in [0.1, 0.15) is 47.9 Å². The zero-order chi connectivity index (χ0) is 27.5.